The summed E-state index contributed by atoms with van der Waals surface area (Å²) < 4.78 is 17.8. The van der Waals surface area contributed by atoms with E-state index < -0.39 is 42.1 Å². The van der Waals surface area contributed by atoms with Crippen molar-refractivity contribution in [3.05, 3.63) is 62.3 Å². The Morgan fingerprint density at radius 3 is 1.27 bits per heavy atom. The summed E-state index contributed by atoms with van der Waals surface area (Å²) in [4.78, 5) is 50.7. The van der Waals surface area contributed by atoms with Gasteiger partial charge in [-0.25, -0.2) is 24.0 Å². The van der Waals surface area contributed by atoms with E-state index in [9.17, 15) is 24.0 Å². The van der Waals surface area contributed by atoms with Crippen LogP contribution in [0.5, 0.6) is 0 Å². The second-order valence-electron chi connectivity index (χ2n) is 7.19. The molecule has 0 aromatic rings. The summed E-state index contributed by atoms with van der Waals surface area (Å²) in [5.41, 5.74) is 0.698. The number of carbonyl (C=O) groups is 5. The molecule has 0 bridgehead atoms. The van der Waals surface area contributed by atoms with E-state index in [0.717, 1.165) is 18.2 Å². The first-order valence-corrected chi connectivity index (χ1v) is 11.6. The van der Waals surface area contributed by atoms with Gasteiger partial charge in [-0.2, -0.15) is 0 Å². The monoisotopic (exact) mass is 592 g/mol. The molecular weight excluding hydrogens is 548 g/mol. The average Bonchev–Trinajstić information content (AvgIpc) is 2.92. The van der Waals surface area contributed by atoms with Gasteiger partial charge in [-0.15, -0.1) is 0 Å². The smallest absolute Gasteiger partial charge is 0.333 e. The molecule has 0 aromatic carbocycles. The van der Waals surface area contributed by atoms with Gasteiger partial charge < -0.3 is 44.5 Å². The first-order chi connectivity index (χ1) is 19.0. The quantitative estimate of drug-likeness (QED) is 0.112. The van der Waals surface area contributed by atoms with Crippen LogP contribution in [0.1, 0.15) is 27.7 Å². The standard InChI is InChI=1S/C7H12O3.2C6H10O3.C5H8O3.C3H4O2/c1-5(2)7(9)10-4-6(3)8;1-5(2)6(8)9-4-3-7;1-3-6(8)9-4-5(2)7;1-2-5(7)8-4-3-6;1-2-3(4)5/h6,8H,1,4H2,2-3H3;7H,1,3-4H2,2H3;3,5,7H,1,4H2,2H3;2,6H,1,3-4H2;2H,1H2,(H,4,5). The molecule has 2 atom stereocenters. The van der Waals surface area contributed by atoms with E-state index in [2.05, 4.69) is 51.8 Å². The predicted octanol–water partition coefficient (Wildman–Crippen LogP) is 0.646. The predicted molar refractivity (Wildman–Crippen MR) is 149 cm³/mol. The number of esters is 4. The van der Waals surface area contributed by atoms with Crippen LogP contribution in [0.4, 0.5) is 0 Å². The molecule has 0 aliphatic carbocycles. The number of rotatable bonds is 13. The Labute approximate surface area is 240 Å². The van der Waals surface area contributed by atoms with Gasteiger partial charge in [0.1, 0.15) is 26.4 Å². The molecule has 0 aliphatic heterocycles. The summed E-state index contributed by atoms with van der Waals surface area (Å²) in [6, 6.07) is 0. The van der Waals surface area contributed by atoms with E-state index in [1.807, 2.05) is 0 Å². The summed E-state index contributed by atoms with van der Waals surface area (Å²) in [5, 5.41) is 41.2. The second-order valence-corrected chi connectivity index (χ2v) is 7.19. The zero-order valence-electron chi connectivity index (χ0n) is 24.1. The van der Waals surface area contributed by atoms with Crippen LogP contribution in [0.15, 0.2) is 62.3 Å². The molecule has 5 N–H and O–H groups in total. The molecule has 0 aromatic heterocycles. The van der Waals surface area contributed by atoms with Gasteiger partial charge >= 0.3 is 29.8 Å². The number of carbonyl (C=O) groups excluding carboxylic acids is 4. The van der Waals surface area contributed by atoms with E-state index in [4.69, 9.17) is 25.5 Å². The van der Waals surface area contributed by atoms with E-state index >= 15 is 0 Å². The maximum atomic E-state index is 10.6. The highest BCUT2D eigenvalue weighted by Crippen LogP contribution is 1.93. The van der Waals surface area contributed by atoms with Crippen LogP contribution >= 0.6 is 0 Å². The summed E-state index contributed by atoms with van der Waals surface area (Å²) >= 11 is 0. The normalized spacial score (nSPS) is 9.95. The molecule has 14 heteroatoms. The SMILES string of the molecule is C=C(C)C(=O)OCC(C)O.C=C(C)C(=O)OCCO.C=CC(=O)O.C=CC(=O)OCC(C)O.C=CC(=O)OCCO. The van der Waals surface area contributed by atoms with E-state index in [-0.39, 0.29) is 39.6 Å². The van der Waals surface area contributed by atoms with Crippen molar-refractivity contribution >= 4 is 29.8 Å². The maximum Gasteiger partial charge on any atom is 0.333 e. The molecule has 0 spiro atoms. The van der Waals surface area contributed by atoms with Crippen molar-refractivity contribution in [1.29, 1.82) is 0 Å². The second kappa shape index (κ2) is 33.9. The van der Waals surface area contributed by atoms with Gasteiger partial charge in [0, 0.05) is 29.4 Å². The fourth-order valence-electron chi connectivity index (χ4n) is 1.05. The lowest BCUT2D eigenvalue weighted by Gasteiger charge is -2.04. The van der Waals surface area contributed by atoms with Crippen molar-refractivity contribution in [2.24, 2.45) is 0 Å². The molecule has 14 nitrogen and oxygen atoms in total. The van der Waals surface area contributed by atoms with Gasteiger partial charge in [0.25, 0.3) is 0 Å². The molecule has 0 heterocycles. The minimum absolute atomic E-state index is 0.0326. The van der Waals surface area contributed by atoms with Gasteiger partial charge in [-0.05, 0) is 27.7 Å². The Morgan fingerprint density at radius 2 is 0.976 bits per heavy atom. The molecule has 0 saturated heterocycles. The molecule has 0 amide bonds. The van der Waals surface area contributed by atoms with Crippen LogP contribution in [-0.4, -0.2) is 107 Å². The number of hydrogen-bond acceptors (Lipinski definition) is 13. The van der Waals surface area contributed by atoms with Crippen LogP contribution in [0.25, 0.3) is 0 Å². The molecule has 0 fully saturated rings. The van der Waals surface area contributed by atoms with Gasteiger partial charge in [-0.3, -0.25) is 0 Å². The highest BCUT2D eigenvalue weighted by atomic mass is 16.6. The lowest BCUT2D eigenvalue weighted by molar-refractivity contribution is -0.142. The fourth-order valence-corrected chi connectivity index (χ4v) is 1.05. The Hall–Kier alpha value is -4.11. The number of aliphatic hydroxyl groups excluding tert-OH is 4. The number of carboxylic acids is 1. The average molecular weight is 593 g/mol. The van der Waals surface area contributed by atoms with Crippen LogP contribution in [-0.2, 0) is 42.9 Å². The van der Waals surface area contributed by atoms with Gasteiger partial charge in [0.15, 0.2) is 0 Å². The number of carboxylic acid groups (broad SMARTS) is 1. The van der Waals surface area contributed by atoms with Gasteiger partial charge in [0.05, 0.1) is 25.4 Å². The Balaban J connectivity index is -0.000000134. The third-order valence-corrected chi connectivity index (χ3v) is 2.79. The highest BCUT2D eigenvalue weighted by Gasteiger charge is 2.04. The molecule has 2 unspecified atom stereocenters. The Bertz CT molecular complexity index is 813. The van der Waals surface area contributed by atoms with Crippen molar-refractivity contribution in [3.63, 3.8) is 0 Å². The molecule has 41 heavy (non-hydrogen) atoms. The maximum absolute atomic E-state index is 10.6. The third kappa shape index (κ3) is 53.0. The van der Waals surface area contributed by atoms with Gasteiger partial charge in [-0.1, -0.05) is 32.9 Å². The molecule has 0 saturated carbocycles. The van der Waals surface area contributed by atoms with Gasteiger partial charge in [0.2, 0.25) is 0 Å². The van der Waals surface area contributed by atoms with E-state index in [1.165, 1.54) is 6.92 Å². The third-order valence-electron chi connectivity index (χ3n) is 2.79. The van der Waals surface area contributed by atoms with Crippen LogP contribution in [0, 0.1) is 0 Å². The molecule has 0 rings (SSSR count). The number of hydrogen-bond donors (Lipinski definition) is 5. The summed E-state index contributed by atoms with van der Waals surface area (Å²) in [5.74, 6) is -2.90. The van der Waals surface area contributed by atoms with E-state index in [1.54, 1.807) is 20.8 Å². The lowest BCUT2D eigenvalue weighted by Crippen LogP contribution is -2.15. The van der Waals surface area contributed by atoms with Crippen LogP contribution in [0.3, 0.4) is 0 Å². The lowest BCUT2D eigenvalue weighted by atomic mass is 10.3. The summed E-state index contributed by atoms with van der Waals surface area (Å²) in [6.45, 7) is 22.1. The number of ether oxygens (including phenoxy) is 4. The zero-order valence-corrected chi connectivity index (χ0v) is 24.1. The van der Waals surface area contributed by atoms with Crippen LogP contribution in [0.2, 0.25) is 0 Å². The summed E-state index contributed by atoms with van der Waals surface area (Å²) in [7, 11) is 0. The topological polar surface area (TPSA) is 223 Å². The largest absolute Gasteiger partial charge is 0.478 e. The summed E-state index contributed by atoms with van der Waals surface area (Å²) in [6.07, 6.45) is 1.73. The van der Waals surface area contributed by atoms with Crippen molar-refractivity contribution < 1.29 is 68.5 Å². The number of aliphatic hydroxyl groups is 4. The molecule has 0 radical (unpaired) electrons. The Kier molecular flexibility index (Phi) is 38.7. The van der Waals surface area contributed by atoms with E-state index in [0.29, 0.717) is 11.1 Å². The molecule has 236 valence electrons. The minimum Gasteiger partial charge on any atom is -0.478 e. The van der Waals surface area contributed by atoms with Crippen molar-refractivity contribution in [3.8, 4) is 0 Å². The van der Waals surface area contributed by atoms with Crippen molar-refractivity contribution in [2.75, 3.05) is 39.6 Å². The van der Waals surface area contributed by atoms with Crippen LogP contribution < -0.4 is 0 Å². The highest BCUT2D eigenvalue weighted by molar-refractivity contribution is 5.87. The minimum atomic E-state index is -0.981. The first-order valence-electron chi connectivity index (χ1n) is 11.6. The van der Waals surface area contributed by atoms with Crippen molar-refractivity contribution in [2.45, 2.75) is 39.9 Å². The Morgan fingerprint density at radius 1 is 0.659 bits per heavy atom. The first kappa shape index (κ1) is 46.7. The van der Waals surface area contributed by atoms with Crippen molar-refractivity contribution in [1.82, 2.24) is 0 Å². The fraction of sp³-hybridized carbons (Fsp3) is 0.444. The molecular formula is C27H44O14. The number of aliphatic carboxylic acids is 1. The zero-order chi connectivity index (χ0) is 33.4. The molecule has 0 aliphatic rings.